The fraction of sp³-hybridized carbons (Fsp3) is 0.700. The molecular weight excluding hydrogens is 296 g/mol. The van der Waals surface area contributed by atoms with E-state index in [-0.39, 0.29) is 0 Å². The van der Waals surface area contributed by atoms with Gasteiger partial charge in [-0.1, -0.05) is 19.1 Å². The quantitative estimate of drug-likeness (QED) is 0.864. The zero-order valence-electron chi connectivity index (χ0n) is 15.5. The molecule has 134 valence electrons. The van der Waals surface area contributed by atoms with E-state index in [1.807, 2.05) is 0 Å². The van der Waals surface area contributed by atoms with Crippen molar-refractivity contribution in [3.63, 3.8) is 0 Å². The lowest BCUT2D eigenvalue weighted by molar-refractivity contribution is 0.157. The first-order valence-corrected chi connectivity index (χ1v) is 9.70. The SMILES string of the molecule is CCN1CCC(CN(C)Cc2ccc(N3CCNCC3)cc2)CC1. The summed E-state index contributed by atoms with van der Waals surface area (Å²) in [5, 5.41) is 3.42. The molecule has 0 atom stereocenters. The molecule has 24 heavy (non-hydrogen) atoms. The highest BCUT2D eigenvalue weighted by Crippen LogP contribution is 2.20. The summed E-state index contributed by atoms with van der Waals surface area (Å²) in [6.07, 6.45) is 2.72. The Balaban J connectivity index is 1.45. The average Bonchev–Trinajstić information content (AvgIpc) is 2.64. The van der Waals surface area contributed by atoms with Crippen molar-refractivity contribution < 1.29 is 0 Å². The van der Waals surface area contributed by atoms with Gasteiger partial charge in [0.25, 0.3) is 0 Å². The summed E-state index contributed by atoms with van der Waals surface area (Å²) in [4.78, 5) is 7.56. The zero-order valence-corrected chi connectivity index (χ0v) is 15.5. The van der Waals surface area contributed by atoms with Gasteiger partial charge >= 0.3 is 0 Å². The summed E-state index contributed by atoms with van der Waals surface area (Å²) in [6.45, 7) is 12.8. The fourth-order valence-corrected chi connectivity index (χ4v) is 4.04. The van der Waals surface area contributed by atoms with Gasteiger partial charge in [-0.3, -0.25) is 0 Å². The van der Waals surface area contributed by atoms with Crippen molar-refractivity contribution in [3.8, 4) is 0 Å². The molecule has 2 saturated heterocycles. The molecule has 1 N–H and O–H groups in total. The molecule has 2 heterocycles. The van der Waals surface area contributed by atoms with Crippen LogP contribution in [0.25, 0.3) is 0 Å². The highest BCUT2D eigenvalue weighted by atomic mass is 15.2. The normalized spacial score (nSPS) is 20.7. The first kappa shape index (κ1) is 17.7. The number of rotatable bonds is 6. The van der Waals surface area contributed by atoms with Gasteiger partial charge in [-0.15, -0.1) is 0 Å². The van der Waals surface area contributed by atoms with Crippen molar-refractivity contribution in [1.82, 2.24) is 15.1 Å². The molecule has 0 spiro atoms. The number of piperidine rings is 1. The molecule has 0 bridgehead atoms. The predicted molar refractivity (Wildman–Crippen MR) is 103 cm³/mol. The molecule has 3 rings (SSSR count). The van der Waals surface area contributed by atoms with E-state index in [0.717, 1.165) is 38.6 Å². The van der Waals surface area contributed by atoms with Crippen molar-refractivity contribution in [1.29, 1.82) is 0 Å². The smallest absolute Gasteiger partial charge is 0.0367 e. The van der Waals surface area contributed by atoms with Crippen LogP contribution in [-0.4, -0.2) is 69.2 Å². The molecule has 1 aromatic carbocycles. The molecule has 0 aromatic heterocycles. The molecular formula is C20H34N4. The molecule has 2 aliphatic rings. The summed E-state index contributed by atoms with van der Waals surface area (Å²) in [5.41, 5.74) is 2.80. The Morgan fingerprint density at radius 1 is 1.04 bits per heavy atom. The monoisotopic (exact) mass is 330 g/mol. The van der Waals surface area contributed by atoms with Crippen LogP contribution >= 0.6 is 0 Å². The van der Waals surface area contributed by atoms with E-state index in [2.05, 4.69) is 58.3 Å². The minimum Gasteiger partial charge on any atom is -0.369 e. The first-order chi connectivity index (χ1) is 11.7. The van der Waals surface area contributed by atoms with Crippen LogP contribution in [0.15, 0.2) is 24.3 Å². The first-order valence-electron chi connectivity index (χ1n) is 9.70. The van der Waals surface area contributed by atoms with Gasteiger partial charge in [0.2, 0.25) is 0 Å². The predicted octanol–water partition coefficient (Wildman–Crippen LogP) is 2.26. The van der Waals surface area contributed by atoms with Crippen LogP contribution in [0.2, 0.25) is 0 Å². The van der Waals surface area contributed by atoms with E-state index in [1.165, 1.54) is 50.3 Å². The second-order valence-electron chi connectivity index (χ2n) is 7.48. The number of piperazine rings is 1. The average molecular weight is 331 g/mol. The Labute approximate surface area is 147 Å². The van der Waals surface area contributed by atoms with E-state index >= 15 is 0 Å². The van der Waals surface area contributed by atoms with Gasteiger partial charge in [0, 0.05) is 45.0 Å². The zero-order chi connectivity index (χ0) is 16.8. The molecule has 1 aromatic rings. The highest BCUT2D eigenvalue weighted by Gasteiger charge is 2.19. The molecule has 0 saturated carbocycles. The third-order valence-corrected chi connectivity index (χ3v) is 5.60. The van der Waals surface area contributed by atoms with Crippen LogP contribution in [0.4, 0.5) is 5.69 Å². The van der Waals surface area contributed by atoms with E-state index in [0.29, 0.717) is 0 Å². The summed E-state index contributed by atoms with van der Waals surface area (Å²) < 4.78 is 0. The van der Waals surface area contributed by atoms with E-state index in [4.69, 9.17) is 0 Å². The van der Waals surface area contributed by atoms with Gasteiger partial charge in [-0.05, 0) is 63.1 Å². The summed E-state index contributed by atoms with van der Waals surface area (Å²) in [5.74, 6) is 0.873. The lowest BCUT2D eigenvalue weighted by atomic mass is 9.96. The van der Waals surface area contributed by atoms with Crippen LogP contribution in [0.5, 0.6) is 0 Å². The van der Waals surface area contributed by atoms with Gasteiger partial charge < -0.3 is 20.0 Å². The Morgan fingerprint density at radius 3 is 2.33 bits per heavy atom. The number of anilines is 1. The summed E-state index contributed by atoms with van der Waals surface area (Å²) >= 11 is 0. The number of hydrogen-bond acceptors (Lipinski definition) is 4. The van der Waals surface area contributed by atoms with Crippen molar-refractivity contribution in [2.75, 3.05) is 64.3 Å². The Hall–Kier alpha value is -1.10. The van der Waals surface area contributed by atoms with Gasteiger partial charge in [0.15, 0.2) is 0 Å². The highest BCUT2D eigenvalue weighted by molar-refractivity contribution is 5.48. The molecule has 4 heteroatoms. The topological polar surface area (TPSA) is 21.8 Å². The largest absolute Gasteiger partial charge is 0.369 e. The minimum atomic E-state index is 0.873. The molecule has 0 unspecified atom stereocenters. The Morgan fingerprint density at radius 2 is 1.71 bits per heavy atom. The van der Waals surface area contributed by atoms with E-state index in [9.17, 15) is 0 Å². The maximum Gasteiger partial charge on any atom is 0.0367 e. The van der Waals surface area contributed by atoms with Gasteiger partial charge in [0.05, 0.1) is 0 Å². The van der Waals surface area contributed by atoms with Crippen LogP contribution in [0.1, 0.15) is 25.3 Å². The van der Waals surface area contributed by atoms with Crippen LogP contribution < -0.4 is 10.2 Å². The van der Waals surface area contributed by atoms with E-state index in [1.54, 1.807) is 0 Å². The third-order valence-electron chi connectivity index (χ3n) is 5.60. The number of likely N-dealkylation sites (tertiary alicyclic amines) is 1. The van der Waals surface area contributed by atoms with Crippen molar-refractivity contribution in [2.45, 2.75) is 26.3 Å². The number of benzene rings is 1. The third kappa shape index (κ3) is 4.95. The molecule has 0 amide bonds. The molecule has 0 radical (unpaired) electrons. The second kappa shape index (κ2) is 8.84. The number of nitrogens with zero attached hydrogens (tertiary/aromatic N) is 3. The van der Waals surface area contributed by atoms with Crippen LogP contribution in [0.3, 0.4) is 0 Å². The van der Waals surface area contributed by atoms with Gasteiger partial charge in [-0.2, -0.15) is 0 Å². The second-order valence-corrected chi connectivity index (χ2v) is 7.48. The van der Waals surface area contributed by atoms with Gasteiger partial charge in [-0.25, -0.2) is 0 Å². The fourth-order valence-electron chi connectivity index (χ4n) is 4.04. The Kier molecular flexibility index (Phi) is 6.52. The molecule has 2 fully saturated rings. The standard InChI is InChI=1S/C20H34N4/c1-3-23-12-8-19(9-13-23)17-22(2)16-18-4-6-20(7-5-18)24-14-10-21-11-15-24/h4-7,19,21H,3,8-17H2,1-2H3. The minimum absolute atomic E-state index is 0.873. The summed E-state index contributed by atoms with van der Waals surface area (Å²) in [7, 11) is 2.27. The van der Waals surface area contributed by atoms with Crippen LogP contribution in [0, 0.1) is 5.92 Å². The lowest BCUT2D eigenvalue weighted by Gasteiger charge is -2.33. The summed E-state index contributed by atoms with van der Waals surface area (Å²) in [6, 6.07) is 9.23. The molecule has 2 aliphatic heterocycles. The van der Waals surface area contributed by atoms with Crippen LogP contribution in [-0.2, 0) is 6.54 Å². The number of hydrogen-bond donors (Lipinski definition) is 1. The molecule has 0 aliphatic carbocycles. The maximum absolute atomic E-state index is 3.42. The molecule has 4 nitrogen and oxygen atoms in total. The van der Waals surface area contributed by atoms with Gasteiger partial charge in [0.1, 0.15) is 0 Å². The maximum atomic E-state index is 3.42. The Bertz CT molecular complexity index is 473. The van der Waals surface area contributed by atoms with Crippen molar-refractivity contribution in [2.24, 2.45) is 5.92 Å². The van der Waals surface area contributed by atoms with E-state index < -0.39 is 0 Å². The number of nitrogens with one attached hydrogen (secondary N) is 1. The van der Waals surface area contributed by atoms with Crippen molar-refractivity contribution >= 4 is 5.69 Å². The lowest BCUT2D eigenvalue weighted by Crippen LogP contribution is -2.43. The van der Waals surface area contributed by atoms with Crippen molar-refractivity contribution in [3.05, 3.63) is 29.8 Å².